The van der Waals surface area contributed by atoms with Gasteiger partial charge in [-0.15, -0.1) is 0 Å². The molecule has 4 aromatic rings. The lowest BCUT2D eigenvalue weighted by molar-refractivity contribution is 0.416. The number of aryl methyl sites for hydroxylation is 1. The van der Waals surface area contributed by atoms with E-state index in [2.05, 4.69) is 10.1 Å². The van der Waals surface area contributed by atoms with E-state index in [0.29, 0.717) is 22.8 Å². The summed E-state index contributed by atoms with van der Waals surface area (Å²) in [7, 11) is 3.47. The molecule has 2 aromatic heterocycles. The summed E-state index contributed by atoms with van der Waals surface area (Å²) in [6.45, 7) is 0. The molecule has 6 heteroatoms. The van der Waals surface area contributed by atoms with Gasteiger partial charge in [0.2, 0.25) is 5.95 Å². The summed E-state index contributed by atoms with van der Waals surface area (Å²) in [5.41, 5.74) is 1.96. The maximum absolute atomic E-state index is 14.2. The largest absolute Gasteiger partial charge is 0.496 e. The second kappa shape index (κ2) is 5.49. The third-order valence-corrected chi connectivity index (χ3v) is 3.99. The molecule has 2 aromatic carbocycles. The van der Waals surface area contributed by atoms with Crippen LogP contribution in [-0.4, -0.2) is 26.4 Å². The van der Waals surface area contributed by atoms with Crippen molar-refractivity contribution in [1.29, 1.82) is 0 Å². The van der Waals surface area contributed by atoms with Crippen LogP contribution in [0.3, 0.4) is 0 Å². The van der Waals surface area contributed by atoms with E-state index in [1.807, 2.05) is 36.1 Å². The van der Waals surface area contributed by atoms with Crippen molar-refractivity contribution in [2.24, 2.45) is 7.05 Å². The summed E-state index contributed by atoms with van der Waals surface area (Å²) in [5, 5.41) is 5.43. The van der Waals surface area contributed by atoms with Gasteiger partial charge in [-0.05, 0) is 12.1 Å². The zero-order valence-electron chi connectivity index (χ0n) is 13.3. The van der Waals surface area contributed by atoms with Gasteiger partial charge in [-0.25, -0.2) is 14.1 Å². The van der Waals surface area contributed by atoms with Crippen molar-refractivity contribution in [2.45, 2.75) is 0 Å². The highest BCUT2D eigenvalue weighted by molar-refractivity contribution is 5.88. The van der Waals surface area contributed by atoms with Crippen LogP contribution in [-0.2, 0) is 7.05 Å². The predicted octanol–water partition coefficient (Wildman–Crippen LogP) is 3.57. The Kier molecular flexibility index (Phi) is 3.30. The molecule has 0 aliphatic heterocycles. The van der Waals surface area contributed by atoms with Crippen molar-refractivity contribution >= 4 is 10.9 Å². The van der Waals surface area contributed by atoms with Crippen molar-refractivity contribution in [2.75, 3.05) is 7.11 Å². The minimum absolute atomic E-state index is 0.286. The molecule has 0 bridgehead atoms. The van der Waals surface area contributed by atoms with Crippen molar-refractivity contribution in [3.63, 3.8) is 0 Å². The zero-order chi connectivity index (χ0) is 16.7. The van der Waals surface area contributed by atoms with Gasteiger partial charge in [0.1, 0.15) is 11.6 Å². The second-order valence-electron chi connectivity index (χ2n) is 5.50. The van der Waals surface area contributed by atoms with Gasteiger partial charge in [0.05, 0.1) is 12.6 Å². The standard InChI is InChI=1S/C18H15FN4O/c1-22-8-7-20-18(22)23-11-12-9-14(13-5-3-4-6-15(13)19)17(24-2)10-16(12)21-23/h3-11H,1-2H3. The van der Waals surface area contributed by atoms with E-state index in [1.54, 1.807) is 36.2 Å². The molecule has 0 N–H and O–H groups in total. The minimum atomic E-state index is -0.286. The lowest BCUT2D eigenvalue weighted by atomic mass is 10.0. The highest BCUT2D eigenvalue weighted by atomic mass is 19.1. The molecule has 5 nitrogen and oxygen atoms in total. The van der Waals surface area contributed by atoms with Crippen molar-refractivity contribution < 1.29 is 9.13 Å². The number of aromatic nitrogens is 4. The molecule has 0 amide bonds. The Bertz CT molecular complexity index is 1030. The molecule has 0 fully saturated rings. The van der Waals surface area contributed by atoms with Crippen LogP contribution in [0.1, 0.15) is 0 Å². The molecule has 0 aliphatic carbocycles. The number of hydrogen-bond donors (Lipinski definition) is 0. The molecule has 0 saturated heterocycles. The lowest BCUT2D eigenvalue weighted by Crippen LogP contribution is -2.02. The van der Waals surface area contributed by atoms with E-state index in [9.17, 15) is 4.39 Å². The van der Waals surface area contributed by atoms with Gasteiger partial charge in [0.25, 0.3) is 0 Å². The number of fused-ring (bicyclic) bond motifs is 1. The average molecular weight is 322 g/mol. The minimum Gasteiger partial charge on any atom is -0.496 e. The van der Waals surface area contributed by atoms with E-state index in [-0.39, 0.29) is 5.82 Å². The molecule has 0 aliphatic rings. The topological polar surface area (TPSA) is 44.9 Å². The quantitative estimate of drug-likeness (QED) is 0.579. The number of imidazole rings is 1. The summed E-state index contributed by atoms with van der Waals surface area (Å²) in [4.78, 5) is 4.29. The van der Waals surface area contributed by atoms with Crippen molar-refractivity contribution in [3.8, 4) is 22.8 Å². The van der Waals surface area contributed by atoms with Crippen molar-refractivity contribution in [1.82, 2.24) is 19.3 Å². The van der Waals surface area contributed by atoms with E-state index < -0.39 is 0 Å². The monoisotopic (exact) mass is 322 g/mol. The average Bonchev–Trinajstić information content (AvgIpc) is 3.19. The predicted molar refractivity (Wildman–Crippen MR) is 89.8 cm³/mol. The summed E-state index contributed by atoms with van der Waals surface area (Å²) < 4.78 is 23.2. The lowest BCUT2D eigenvalue weighted by Gasteiger charge is -2.09. The highest BCUT2D eigenvalue weighted by Crippen LogP contribution is 2.35. The van der Waals surface area contributed by atoms with Gasteiger partial charge in [-0.3, -0.25) is 0 Å². The first-order chi connectivity index (χ1) is 11.7. The van der Waals surface area contributed by atoms with Gasteiger partial charge in [-0.2, -0.15) is 5.10 Å². The van der Waals surface area contributed by atoms with Gasteiger partial charge >= 0.3 is 0 Å². The maximum atomic E-state index is 14.2. The second-order valence-corrected chi connectivity index (χ2v) is 5.50. The number of ether oxygens (including phenoxy) is 1. The van der Waals surface area contributed by atoms with E-state index in [0.717, 1.165) is 10.9 Å². The van der Waals surface area contributed by atoms with E-state index >= 15 is 0 Å². The molecule has 0 unspecified atom stereocenters. The molecule has 0 atom stereocenters. The number of methoxy groups -OCH3 is 1. The van der Waals surface area contributed by atoms with E-state index in [1.165, 1.54) is 6.07 Å². The van der Waals surface area contributed by atoms with Crippen LogP contribution in [0.2, 0.25) is 0 Å². The maximum Gasteiger partial charge on any atom is 0.230 e. The molecule has 2 heterocycles. The molecule has 120 valence electrons. The van der Waals surface area contributed by atoms with Crippen molar-refractivity contribution in [3.05, 3.63) is 60.8 Å². The SMILES string of the molecule is COc1cc2nn(-c3nccn3C)cc2cc1-c1ccccc1F. The molecule has 0 saturated carbocycles. The fourth-order valence-electron chi connectivity index (χ4n) is 2.79. The number of rotatable bonds is 3. The molecular weight excluding hydrogens is 307 g/mol. The molecule has 0 radical (unpaired) electrons. The molecular formula is C18H15FN4O. The third-order valence-electron chi connectivity index (χ3n) is 3.99. The van der Waals surface area contributed by atoms with Crippen LogP contribution in [0.25, 0.3) is 28.0 Å². The Balaban J connectivity index is 1.93. The fourth-order valence-corrected chi connectivity index (χ4v) is 2.79. The fraction of sp³-hybridized carbons (Fsp3) is 0.111. The van der Waals surface area contributed by atoms with Crippen LogP contribution < -0.4 is 4.74 Å². The van der Waals surface area contributed by atoms with Gasteiger partial charge in [0.15, 0.2) is 0 Å². The first-order valence-corrected chi connectivity index (χ1v) is 7.47. The van der Waals surface area contributed by atoms with Gasteiger partial charge < -0.3 is 9.30 Å². The van der Waals surface area contributed by atoms with Crippen LogP contribution in [0.15, 0.2) is 55.0 Å². The molecule has 24 heavy (non-hydrogen) atoms. The Labute approximate surface area is 137 Å². The van der Waals surface area contributed by atoms with Crippen LogP contribution in [0, 0.1) is 5.82 Å². The Hall–Kier alpha value is -3.15. The number of nitrogens with zero attached hydrogens (tertiary/aromatic N) is 4. The number of halogens is 1. The summed E-state index contributed by atoms with van der Waals surface area (Å²) in [6.07, 6.45) is 5.45. The third kappa shape index (κ3) is 2.23. The Morgan fingerprint density at radius 3 is 2.67 bits per heavy atom. The first-order valence-electron chi connectivity index (χ1n) is 7.47. The van der Waals surface area contributed by atoms with Crippen LogP contribution in [0.5, 0.6) is 5.75 Å². The molecule has 0 spiro atoms. The normalized spacial score (nSPS) is 11.1. The zero-order valence-corrected chi connectivity index (χ0v) is 13.3. The molecule has 4 rings (SSSR count). The van der Waals surface area contributed by atoms with Crippen LogP contribution >= 0.6 is 0 Å². The number of benzene rings is 2. The van der Waals surface area contributed by atoms with E-state index in [4.69, 9.17) is 4.74 Å². The Morgan fingerprint density at radius 1 is 1.12 bits per heavy atom. The smallest absolute Gasteiger partial charge is 0.230 e. The first kappa shape index (κ1) is 14.4. The van der Waals surface area contributed by atoms with Crippen LogP contribution in [0.4, 0.5) is 4.39 Å². The van der Waals surface area contributed by atoms with Gasteiger partial charge in [-0.1, -0.05) is 18.2 Å². The summed E-state index contributed by atoms with van der Waals surface area (Å²) in [6, 6.07) is 10.4. The van der Waals surface area contributed by atoms with Gasteiger partial charge in [0, 0.05) is 48.2 Å². The summed E-state index contributed by atoms with van der Waals surface area (Å²) in [5.74, 6) is 1.00. The highest BCUT2D eigenvalue weighted by Gasteiger charge is 2.14. The summed E-state index contributed by atoms with van der Waals surface area (Å²) >= 11 is 0. The Morgan fingerprint density at radius 2 is 1.96 bits per heavy atom. The number of hydrogen-bond acceptors (Lipinski definition) is 3.